The molecule has 17 heavy (non-hydrogen) atoms. The van der Waals surface area contributed by atoms with Crippen LogP contribution in [0.15, 0.2) is 0 Å². The lowest BCUT2D eigenvalue weighted by molar-refractivity contribution is -0.153. The molecule has 0 saturated carbocycles. The van der Waals surface area contributed by atoms with Crippen molar-refractivity contribution >= 4 is 12.0 Å². The molecule has 2 aliphatic heterocycles. The van der Waals surface area contributed by atoms with Crippen molar-refractivity contribution in [2.75, 3.05) is 19.8 Å². The van der Waals surface area contributed by atoms with Crippen molar-refractivity contribution in [2.45, 2.75) is 31.2 Å². The molecule has 0 radical (unpaired) electrons. The van der Waals surface area contributed by atoms with Crippen LogP contribution in [0.1, 0.15) is 12.8 Å². The SMILES string of the molecule is NC(=O)NCCC(=O)OC1COC2CCOC21. The maximum Gasteiger partial charge on any atom is 0.312 e. The maximum absolute atomic E-state index is 11.4. The molecule has 0 aromatic carbocycles. The van der Waals surface area contributed by atoms with Crippen LogP contribution in [0.5, 0.6) is 0 Å². The van der Waals surface area contributed by atoms with E-state index in [4.69, 9.17) is 19.9 Å². The highest BCUT2D eigenvalue weighted by Gasteiger charge is 2.43. The summed E-state index contributed by atoms with van der Waals surface area (Å²) in [4.78, 5) is 21.8. The van der Waals surface area contributed by atoms with Gasteiger partial charge in [-0.3, -0.25) is 4.79 Å². The monoisotopic (exact) mass is 244 g/mol. The minimum atomic E-state index is -0.652. The van der Waals surface area contributed by atoms with Crippen LogP contribution in [0.3, 0.4) is 0 Å². The first-order valence-electron chi connectivity index (χ1n) is 5.63. The van der Waals surface area contributed by atoms with Crippen molar-refractivity contribution < 1.29 is 23.8 Å². The molecule has 2 fully saturated rings. The van der Waals surface area contributed by atoms with Gasteiger partial charge in [0, 0.05) is 13.2 Å². The first-order chi connectivity index (χ1) is 8.16. The van der Waals surface area contributed by atoms with Crippen LogP contribution < -0.4 is 11.1 Å². The van der Waals surface area contributed by atoms with Crippen molar-refractivity contribution in [1.82, 2.24) is 5.32 Å². The van der Waals surface area contributed by atoms with Crippen LogP contribution in [0.2, 0.25) is 0 Å². The van der Waals surface area contributed by atoms with Crippen LogP contribution >= 0.6 is 0 Å². The molecule has 2 saturated heterocycles. The molecule has 2 rings (SSSR count). The van der Waals surface area contributed by atoms with Crippen molar-refractivity contribution in [3.05, 3.63) is 0 Å². The lowest BCUT2D eigenvalue weighted by Crippen LogP contribution is -2.34. The molecule has 3 N–H and O–H groups in total. The highest BCUT2D eigenvalue weighted by atomic mass is 16.6. The number of nitrogens with one attached hydrogen (secondary N) is 1. The fourth-order valence-electron chi connectivity index (χ4n) is 2.05. The smallest absolute Gasteiger partial charge is 0.312 e. The summed E-state index contributed by atoms with van der Waals surface area (Å²) in [5.41, 5.74) is 4.87. The molecule has 7 heteroatoms. The molecular formula is C10H16N2O5. The maximum atomic E-state index is 11.4. The molecule has 0 aromatic heterocycles. The van der Waals surface area contributed by atoms with Gasteiger partial charge in [0.2, 0.25) is 0 Å². The Morgan fingerprint density at radius 3 is 3.00 bits per heavy atom. The number of primary amides is 1. The van der Waals surface area contributed by atoms with Gasteiger partial charge in [-0.25, -0.2) is 4.79 Å². The third kappa shape index (κ3) is 3.07. The van der Waals surface area contributed by atoms with Crippen LogP contribution in [0.25, 0.3) is 0 Å². The largest absolute Gasteiger partial charge is 0.457 e. The van der Waals surface area contributed by atoms with Crippen molar-refractivity contribution in [1.29, 1.82) is 0 Å². The van der Waals surface area contributed by atoms with Gasteiger partial charge in [0.25, 0.3) is 0 Å². The minimum Gasteiger partial charge on any atom is -0.457 e. The number of carbonyl (C=O) groups excluding carboxylic acids is 2. The summed E-state index contributed by atoms with van der Waals surface area (Å²) in [7, 11) is 0. The Kier molecular flexibility index (Phi) is 3.80. The summed E-state index contributed by atoms with van der Waals surface area (Å²) in [5, 5.41) is 2.32. The molecule has 2 aliphatic rings. The predicted molar refractivity (Wildman–Crippen MR) is 56.2 cm³/mol. The average molecular weight is 244 g/mol. The highest BCUT2D eigenvalue weighted by Crippen LogP contribution is 2.28. The zero-order valence-corrected chi connectivity index (χ0v) is 9.39. The van der Waals surface area contributed by atoms with Gasteiger partial charge < -0.3 is 25.3 Å². The Hall–Kier alpha value is -1.34. The van der Waals surface area contributed by atoms with E-state index in [-0.39, 0.29) is 37.2 Å². The summed E-state index contributed by atoms with van der Waals surface area (Å²) < 4.78 is 16.1. The average Bonchev–Trinajstić information content (AvgIpc) is 2.82. The quantitative estimate of drug-likeness (QED) is 0.627. The molecule has 3 unspecified atom stereocenters. The van der Waals surface area contributed by atoms with E-state index in [0.29, 0.717) is 13.2 Å². The van der Waals surface area contributed by atoms with Crippen molar-refractivity contribution in [3.63, 3.8) is 0 Å². The van der Waals surface area contributed by atoms with E-state index in [1.807, 2.05) is 0 Å². The molecule has 96 valence electrons. The summed E-state index contributed by atoms with van der Waals surface area (Å²) in [6.45, 7) is 1.20. The molecule has 3 atom stereocenters. The Morgan fingerprint density at radius 2 is 2.24 bits per heavy atom. The summed E-state index contributed by atoms with van der Waals surface area (Å²) in [5.74, 6) is -0.386. The van der Waals surface area contributed by atoms with E-state index in [9.17, 15) is 9.59 Å². The second kappa shape index (κ2) is 5.33. The first kappa shape index (κ1) is 12.1. The summed E-state index contributed by atoms with van der Waals surface area (Å²) >= 11 is 0. The third-order valence-corrected chi connectivity index (χ3v) is 2.83. The predicted octanol–water partition coefficient (Wildman–Crippen LogP) is -0.856. The van der Waals surface area contributed by atoms with Gasteiger partial charge in [0.15, 0.2) is 6.10 Å². The molecule has 0 bridgehead atoms. The van der Waals surface area contributed by atoms with Crippen LogP contribution in [-0.4, -0.2) is 50.1 Å². The molecule has 0 aromatic rings. The Bertz CT molecular complexity index is 309. The normalized spacial score (nSPS) is 30.9. The minimum absolute atomic E-state index is 0.0524. The van der Waals surface area contributed by atoms with E-state index >= 15 is 0 Å². The first-order valence-corrected chi connectivity index (χ1v) is 5.63. The Labute approximate surface area is 98.6 Å². The Morgan fingerprint density at radius 1 is 1.41 bits per heavy atom. The van der Waals surface area contributed by atoms with E-state index in [0.717, 1.165) is 6.42 Å². The molecule has 0 spiro atoms. The second-order valence-corrected chi connectivity index (χ2v) is 4.07. The molecule has 2 heterocycles. The third-order valence-electron chi connectivity index (χ3n) is 2.83. The fourth-order valence-corrected chi connectivity index (χ4v) is 2.05. The molecule has 0 aliphatic carbocycles. The van der Waals surface area contributed by atoms with Crippen LogP contribution in [-0.2, 0) is 19.0 Å². The number of hydrogen-bond acceptors (Lipinski definition) is 5. The van der Waals surface area contributed by atoms with Crippen molar-refractivity contribution in [2.24, 2.45) is 5.73 Å². The number of esters is 1. The standard InChI is InChI=1S/C10H16N2O5/c11-10(14)12-3-1-8(13)17-7-5-16-6-2-4-15-9(6)7/h6-7,9H,1-5H2,(H3,11,12,14). The number of amides is 2. The topological polar surface area (TPSA) is 99.9 Å². The van der Waals surface area contributed by atoms with Gasteiger partial charge in [-0.15, -0.1) is 0 Å². The Balaban J connectivity index is 1.70. The molecule has 2 amide bonds. The molecule has 7 nitrogen and oxygen atoms in total. The highest BCUT2D eigenvalue weighted by molar-refractivity contribution is 5.73. The van der Waals surface area contributed by atoms with Gasteiger partial charge in [-0.05, 0) is 6.42 Å². The fraction of sp³-hybridized carbons (Fsp3) is 0.800. The number of carbonyl (C=O) groups is 2. The number of nitrogens with two attached hydrogens (primary N) is 1. The van der Waals surface area contributed by atoms with Gasteiger partial charge in [0.1, 0.15) is 6.10 Å². The zero-order valence-electron chi connectivity index (χ0n) is 9.39. The lowest BCUT2D eigenvalue weighted by Gasteiger charge is -2.16. The summed E-state index contributed by atoms with van der Waals surface area (Å²) in [6.07, 6.45) is 0.529. The number of hydrogen-bond donors (Lipinski definition) is 2. The number of urea groups is 1. The van der Waals surface area contributed by atoms with Gasteiger partial charge >= 0.3 is 12.0 Å². The summed E-state index contributed by atoms with van der Waals surface area (Å²) in [6, 6.07) is -0.652. The number of fused-ring (bicyclic) bond motifs is 1. The van der Waals surface area contributed by atoms with Crippen LogP contribution in [0.4, 0.5) is 4.79 Å². The van der Waals surface area contributed by atoms with Crippen molar-refractivity contribution in [3.8, 4) is 0 Å². The van der Waals surface area contributed by atoms with Gasteiger partial charge in [-0.1, -0.05) is 0 Å². The van der Waals surface area contributed by atoms with E-state index in [1.54, 1.807) is 0 Å². The van der Waals surface area contributed by atoms with Crippen LogP contribution in [0, 0.1) is 0 Å². The number of ether oxygens (including phenoxy) is 3. The lowest BCUT2D eigenvalue weighted by atomic mass is 10.1. The van der Waals surface area contributed by atoms with E-state index in [1.165, 1.54) is 0 Å². The van der Waals surface area contributed by atoms with E-state index in [2.05, 4.69) is 5.32 Å². The zero-order chi connectivity index (χ0) is 12.3. The number of rotatable bonds is 4. The van der Waals surface area contributed by atoms with E-state index < -0.39 is 6.03 Å². The van der Waals surface area contributed by atoms with Gasteiger partial charge in [-0.2, -0.15) is 0 Å². The second-order valence-electron chi connectivity index (χ2n) is 4.07. The van der Waals surface area contributed by atoms with Gasteiger partial charge in [0.05, 0.1) is 19.1 Å². The molecular weight excluding hydrogens is 228 g/mol.